The van der Waals surface area contributed by atoms with E-state index in [9.17, 15) is 9.59 Å². The monoisotopic (exact) mass is 313 g/mol. The van der Waals surface area contributed by atoms with Crippen molar-refractivity contribution in [1.82, 2.24) is 5.32 Å². The van der Waals surface area contributed by atoms with Crippen LogP contribution in [0.25, 0.3) is 0 Å². The average molecular weight is 314 g/mol. The van der Waals surface area contributed by atoms with Gasteiger partial charge in [-0.2, -0.15) is 0 Å². The van der Waals surface area contributed by atoms with Crippen LogP contribution in [-0.4, -0.2) is 30.1 Å². The molecule has 1 atom stereocenters. The summed E-state index contributed by atoms with van der Waals surface area (Å²) in [6.07, 6.45) is 1.51. The van der Waals surface area contributed by atoms with Crippen molar-refractivity contribution in [3.63, 3.8) is 0 Å². The van der Waals surface area contributed by atoms with Crippen molar-refractivity contribution in [2.45, 2.75) is 26.2 Å². The van der Waals surface area contributed by atoms with E-state index in [1.54, 1.807) is 24.3 Å². The summed E-state index contributed by atoms with van der Waals surface area (Å²) >= 11 is 5.91. The highest BCUT2D eigenvalue weighted by Gasteiger charge is 2.08. The first kappa shape index (κ1) is 17.3. The maximum atomic E-state index is 11.6. The molecule has 6 heteroatoms. The lowest BCUT2D eigenvalue weighted by atomic mass is 10.0. The van der Waals surface area contributed by atoms with Crippen LogP contribution in [0.1, 0.15) is 26.2 Å². The number of hydrogen-bond acceptors (Lipinski definition) is 3. The van der Waals surface area contributed by atoms with Crippen molar-refractivity contribution in [2.75, 3.05) is 13.2 Å². The second kappa shape index (κ2) is 9.23. The highest BCUT2D eigenvalue weighted by Crippen LogP contribution is 2.22. The minimum Gasteiger partial charge on any atom is -0.482 e. The van der Waals surface area contributed by atoms with Crippen molar-refractivity contribution < 1.29 is 19.4 Å². The molecule has 0 radical (unpaired) electrons. The molecule has 1 aromatic rings. The topological polar surface area (TPSA) is 75.6 Å². The number of ether oxygens (including phenoxy) is 1. The van der Waals surface area contributed by atoms with Gasteiger partial charge in [-0.1, -0.05) is 30.7 Å². The molecule has 5 nitrogen and oxygen atoms in total. The van der Waals surface area contributed by atoms with E-state index < -0.39 is 5.97 Å². The van der Waals surface area contributed by atoms with Crippen molar-refractivity contribution in [3.05, 3.63) is 29.3 Å². The second-order valence-electron chi connectivity index (χ2n) is 4.90. The van der Waals surface area contributed by atoms with E-state index >= 15 is 0 Å². The number of rotatable bonds is 9. The first-order chi connectivity index (χ1) is 9.99. The van der Waals surface area contributed by atoms with Crippen LogP contribution < -0.4 is 10.1 Å². The van der Waals surface area contributed by atoms with Crippen molar-refractivity contribution >= 4 is 23.5 Å². The maximum absolute atomic E-state index is 11.6. The fourth-order valence-corrected chi connectivity index (χ4v) is 1.92. The van der Waals surface area contributed by atoms with Gasteiger partial charge in [0.05, 0.1) is 5.02 Å². The molecule has 0 saturated carbocycles. The molecule has 0 aromatic heterocycles. The van der Waals surface area contributed by atoms with E-state index in [-0.39, 0.29) is 24.9 Å². The molecular formula is C15H20ClNO4. The Hall–Kier alpha value is -1.75. The number of carbonyl (C=O) groups is 2. The number of hydrogen-bond donors (Lipinski definition) is 2. The summed E-state index contributed by atoms with van der Waals surface area (Å²) in [6.45, 7) is 2.38. The fourth-order valence-electron chi connectivity index (χ4n) is 1.73. The second-order valence-corrected chi connectivity index (χ2v) is 5.30. The Kier molecular flexibility index (Phi) is 7.61. The largest absolute Gasteiger partial charge is 0.482 e. The average Bonchev–Trinajstić information content (AvgIpc) is 2.44. The molecule has 1 amide bonds. The van der Waals surface area contributed by atoms with Gasteiger partial charge >= 0.3 is 5.97 Å². The smallest absolute Gasteiger partial charge is 0.303 e. The van der Waals surface area contributed by atoms with Gasteiger partial charge in [0, 0.05) is 13.0 Å². The normalized spacial score (nSPS) is 11.7. The zero-order valence-electron chi connectivity index (χ0n) is 12.0. The summed E-state index contributed by atoms with van der Waals surface area (Å²) in [7, 11) is 0. The molecule has 0 bridgehead atoms. The van der Waals surface area contributed by atoms with Gasteiger partial charge in [0.15, 0.2) is 6.61 Å². The SMILES string of the molecule is CC(CCNC(=O)COc1ccccc1Cl)CCC(=O)O. The van der Waals surface area contributed by atoms with Crippen LogP contribution in [0.5, 0.6) is 5.75 Å². The number of amides is 1. The Labute approximate surface area is 129 Å². The number of carboxylic acids is 1. The highest BCUT2D eigenvalue weighted by atomic mass is 35.5. The van der Waals surface area contributed by atoms with Gasteiger partial charge in [0.25, 0.3) is 5.91 Å². The molecule has 0 saturated heterocycles. The summed E-state index contributed by atoms with van der Waals surface area (Å²) in [4.78, 5) is 22.0. The Morgan fingerprint density at radius 1 is 1.33 bits per heavy atom. The lowest BCUT2D eigenvalue weighted by molar-refractivity contribution is -0.137. The number of nitrogens with one attached hydrogen (secondary N) is 1. The van der Waals surface area contributed by atoms with Gasteiger partial charge in [0.1, 0.15) is 5.75 Å². The first-order valence-electron chi connectivity index (χ1n) is 6.85. The van der Waals surface area contributed by atoms with Crippen molar-refractivity contribution in [3.8, 4) is 5.75 Å². The number of aliphatic carboxylic acids is 1. The summed E-state index contributed by atoms with van der Waals surface area (Å²) in [5, 5.41) is 11.8. The third kappa shape index (κ3) is 7.56. The molecular weight excluding hydrogens is 294 g/mol. The van der Waals surface area contributed by atoms with Gasteiger partial charge in [-0.15, -0.1) is 0 Å². The third-order valence-corrected chi connectivity index (χ3v) is 3.32. The van der Waals surface area contributed by atoms with E-state index in [4.69, 9.17) is 21.4 Å². The molecule has 0 aliphatic heterocycles. The molecule has 0 aliphatic carbocycles. The Morgan fingerprint density at radius 2 is 2.05 bits per heavy atom. The van der Waals surface area contributed by atoms with E-state index in [0.717, 1.165) is 6.42 Å². The number of benzene rings is 1. The standard InChI is InChI=1S/C15H20ClNO4/c1-11(6-7-15(19)20)8-9-17-14(18)10-21-13-5-3-2-4-12(13)16/h2-5,11H,6-10H2,1H3,(H,17,18)(H,19,20). The van der Waals surface area contributed by atoms with Crippen LogP contribution >= 0.6 is 11.6 Å². The Balaban J connectivity index is 2.17. The Morgan fingerprint density at radius 3 is 2.71 bits per heavy atom. The van der Waals surface area contributed by atoms with E-state index in [1.165, 1.54) is 0 Å². The van der Waals surface area contributed by atoms with E-state index in [0.29, 0.717) is 23.7 Å². The molecule has 0 heterocycles. The van der Waals surface area contributed by atoms with E-state index in [1.807, 2.05) is 6.92 Å². The summed E-state index contributed by atoms with van der Waals surface area (Å²) in [6, 6.07) is 6.96. The van der Waals surface area contributed by atoms with Crippen molar-refractivity contribution in [1.29, 1.82) is 0 Å². The lowest BCUT2D eigenvalue weighted by Gasteiger charge is -2.11. The molecule has 0 spiro atoms. The molecule has 0 aliphatic rings. The molecule has 1 rings (SSSR count). The van der Waals surface area contributed by atoms with Gasteiger partial charge in [-0.05, 0) is 30.9 Å². The molecule has 1 aromatic carbocycles. The highest BCUT2D eigenvalue weighted by molar-refractivity contribution is 6.32. The third-order valence-electron chi connectivity index (χ3n) is 3.01. The first-order valence-corrected chi connectivity index (χ1v) is 7.22. The quantitative estimate of drug-likeness (QED) is 0.735. The van der Waals surface area contributed by atoms with Gasteiger partial charge in [0.2, 0.25) is 0 Å². The van der Waals surface area contributed by atoms with Crippen LogP contribution in [0.3, 0.4) is 0 Å². The summed E-state index contributed by atoms with van der Waals surface area (Å²) in [5.41, 5.74) is 0. The molecule has 21 heavy (non-hydrogen) atoms. The maximum Gasteiger partial charge on any atom is 0.303 e. The van der Waals surface area contributed by atoms with Crippen LogP contribution in [0.2, 0.25) is 5.02 Å². The fraction of sp³-hybridized carbons (Fsp3) is 0.467. The minimum atomic E-state index is -0.793. The molecule has 0 fully saturated rings. The number of para-hydroxylation sites is 1. The number of carboxylic acid groups (broad SMARTS) is 1. The summed E-state index contributed by atoms with van der Waals surface area (Å²) in [5.74, 6) is -0.283. The molecule has 1 unspecified atom stereocenters. The summed E-state index contributed by atoms with van der Waals surface area (Å²) < 4.78 is 5.31. The zero-order valence-corrected chi connectivity index (χ0v) is 12.7. The zero-order chi connectivity index (χ0) is 15.7. The number of halogens is 1. The minimum absolute atomic E-state index is 0.0900. The van der Waals surface area contributed by atoms with Crippen LogP contribution in [0.4, 0.5) is 0 Å². The molecule has 2 N–H and O–H groups in total. The van der Waals surface area contributed by atoms with Crippen molar-refractivity contribution in [2.24, 2.45) is 5.92 Å². The van der Waals surface area contributed by atoms with Crippen LogP contribution in [-0.2, 0) is 9.59 Å². The van der Waals surface area contributed by atoms with E-state index in [2.05, 4.69) is 5.32 Å². The van der Waals surface area contributed by atoms with Crippen LogP contribution in [0.15, 0.2) is 24.3 Å². The Bertz CT molecular complexity index is 478. The predicted octanol–water partition coefficient (Wildman–Crippen LogP) is 2.73. The van der Waals surface area contributed by atoms with Gasteiger partial charge in [-0.3, -0.25) is 9.59 Å². The lowest BCUT2D eigenvalue weighted by Crippen LogP contribution is -2.30. The molecule has 116 valence electrons. The predicted molar refractivity (Wildman–Crippen MR) is 80.6 cm³/mol. The van der Waals surface area contributed by atoms with Crippen LogP contribution in [0, 0.1) is 5.92 Å². The van der Waals surface area contributed by atoms with Gasteiger partial charge < -0.3 is 15.2 Å². The number of carbonyl (C=O) groups excluding carboxylic acids is 1. The van der Waals surface area contributed by atoms with Gasteiger partial charge in [-0.25, -0.2) is 0 Å².